The van der Waals surface area contributed by atoms with E-state index in [0.717, 1.165) is 19.3 Å². The summed E-state index contributed by atoms with van der Waals surface area (Å²) in [6.45, 7) is 0. The Morgan fingerprint density at radius 1 is 1.35 bits per heavy atom. The highest BCUT2D eigenvalue weighted by atomic mass is 32.1. The predicted octanol–water partition coefficient (Wildman–Crippen LogP) is 2.58. The van der Waals surface area contributed by atoms with Crippen LogP contribution < -0.4 is 15.2 Å². The Balaban J connectivity index is 1.95. The molecule has 0 bridgehead atoms. The van der Waals surface area contributed by atoms with Crippen LogP contribution in [0.15, 0.2) is 23.7 Å². The molecule has 2 aromatic heterocycles. The maximum atomic E-state index is 6.18. The largest absolute Gasteiger partial charge is 0.480 e. The highest BCUT2D eigenvalue weighted by Gasteiger charge is 2.16. The second kappa shape index (κ2) is 7.21. The van der Waals surface area contributed by atoms with Gasteiger partial charge in [-0.15, -0.1) is 11.3 Å². The van der Waals surface area contributed by atoms with E-state index in [0.29, 0.717) is 17.5 Å². The topological polar surface area (TPSA) is 70.3 Å². The molecule has 0 aliphatic heterocycles. The molecule has 108 valence electrons. The van der Waals surface area contributed by atoms with Crippen molar-refractivity contribution in [3.63, 3.8) is 0 Å². The van der Waals surface area contributed by atoms with Gasteiger partial charge in [0.25, 0.3) is 0 Å². The van der Waals surface area contributed by atoms with Crippen LogP contribution in [-0.2, 0) is 6.42 Å². The van der Waals surface area contributed by atoms with E-state index in [1.165, 1.54) is 4.88 Å². The Kier molecular flexibility index (Phi) is 5.31. The second-order valence-corrected chi connectivity index (χ2v) is 5.42. The van der Waals surface area contributed by atoms with Crippen LogP contribution in [0.5, 0.6) is 11.8 Å². The van der Waals surface area contributed by atoms with E-state index in [2.05, 4.69) is 27.5 Å². The van der Waals surface area contributed by atoms with Gasteiger partial charge >= 0.3 is 0 Å². The third-order valence-corrected chi connectivity index (χ3v) is 3.95. The van der Waals surface area contributed by atoms with Gasteiger partial charge in [-0.1, -0.05) is 6.07 Å². The third kappa shape index (κ3) is 3.68. The summed E-state index contributed by atoms with van der Waals surface area (Å²) >= 11 is 1.77. The lowest BCUT2D eigenvalue weighted by Gasteiger charge is -2.14. The maximum Gasteiger partial charge on any atom is 0.240 e. The van der Waals surface area contributed by atoms with Gasteiger partial charge in [-0.25, -0.2) is 4.98 Å². The minimum atomic E-state index is -0.177. The van der Waals surface area contributed by atoms with Crippen molar-refractivity contribution in [2.75, 3.05) is 14.2 Å². The van der Waals surface area contributed by atoms with Crippen LogP contribution in [0.4, 0.5) is 0 Å². The van der Waals surface area contributed by atoms with Crippen LogP contribution in [0.1, 0.15) is 29.5 Å². The molecule has 0 spiro atoms. The molecule has 0 aliphatic carbocycles. The van der Waals surface area contributed by atoms with Crippen molar-refractivity contribution in [2.24, 2.45) is 5.73 Å². The van der Waals surface area contributed by atoms with Crippen LogP contribution in [0.25, 0.3) is 0 Å². The number of thiophene rings is 1. The summed E-state index contributed by atoms with van der Waals surface area (Å²) in [5, 5.41) is 2.09. The maximum absolute atomic E-state index is 6.18. The van der Waals surface area contributed by atoms with Crippen molar-refractivity contribution in [3.05, 3.63) is 34.3 Å². The van der Waals surface area contributed by atoms with Gasteiger partial charge in [0, 0.05) is 4.88 Å². The fraction of sp³-hybridized carbons (Fsp3) is 0.429. The standard InChI is InChI=1S/C14H19N3O2S/c1-18-12-9-16-13(14(17-12)19-2)11(15)7-3-5-10-6-4-8-20-10/h4,6,8-9,11H,3,5,7,15H2,1-2H3. The Labute approximate surface area is 122 Å². The molecule has 0 saturated heterocycles. The first-order valence-corrected chi connectivity index (χ1v) is 7.35. The SMILES string of the molecule is COc1cnc(C(N)CCCc2cccs2)c(OC)n1. The van der Waals surface area contributed by atoms with Gasteiger partial charge in [-0.2, -0.15) is 4.98 Å². The lowest BCUT2D eigenvalue weighted by molar-refractivity contribution is 0.352. The fourth-order valence-electron chi connectivity index (χ4n) is 1.96. The molecule has 2 heterocycles. The van der Waals surface area contributed by atoms with Crippen LogP contribution in [0.2, 0.25) is 0 Å². The van der Waals surface area contributed by atoms with Gasteiger partial charge in [0.15, 0.2) is 0 Å². The molecule has 0 radical (unpaired) electrons. The van der Waals surface area contributed by atoms with Gasteiger partial charge in [-0.3, -0.25) is 0 Å². The molecule has 0 aromatic carbocycles. The molecule has 0 fully saturated rings. The van der Waals surface area contributed by atoms with Crippen molar-refractivity contribution in [1.29, 1.82) is 0 Å². The molecule has 0 amide bonds. The molecule has 1 unspecified atom stereocenters. The van der Waals surface area contributed by atoms with E-state index < -0.39 is 0 Å². The van der Waals surface area contributed by atoms with Gasteiger partial charge in [0.1, 0.15) is 5.69 Å². The Morgan fingerprint density at radius 2 is 2.20 bits per heavy atom. The summed E-state index contributed by atoms with van der Waals surface area (Å²) in [5.41, 5.74) is 6.86. The number of ether oxygens (including phenoxy) is 2. The van der Waals surface area contributed by atoms with Crippen molar-refractivity contribution < 1.29 is 9.47 Å². The first-order valence-electron chi connectivity index (χ1n) is 6.47. The summed E-state index contributed by atoms with van der Waals surface area (Å²) in [6.07, 6.45) is 4.46. The van der Waals surface area contributed by atoms with Gasteiger partial charge in [-0.05, 0) is 30.7 Å². The molecule has 2 rings (SSSR count). The zero-order valence-corrected chi connectivity index (χ0v) is 12.5. The van der Waals surface area contributed by atoms with Crippen molar-refractivity contribution in [2.45, 2.75) is 25.3 Å². The Bertz CT molecular complexity index is 531. The molecule has 5 nitrogen and oxygen atoms in total. The quantitative estimate of drug-likeness (QED) is 0.849. The zero-order chi connectivity index (χ0) is 14.4. The monoisotopic (exact) mass is 293 g/mol. The van der Waals surface area contributed by atoms with Crippen LogP contribution in [0.3, 0.4) is 0 Å². The van der Waals surface area contributed by atoms with Crippen LogP contribution in [0, 0.1) is 0 Å². The Hall–Kier alpha value is -1.66. The third-order valence-electron chi connectivity index (χ3n) is 3.02. The molecular weight excluding hydrogens is 274 g/mol. The second-order valence-electron chi connectivity index (χ2n) is 4.38. The highest BCUT2D eigenvalue weighted by Crippen LogP contribution is 2.25. The summed E-state index contributed by atoms with van der Waals surface area (Å²) < 4.78 is 10.3. The number of methoxy groups -OCH3 is 2. The van der Waals surface area contributed by atoms with Crippen LogP contribution in [-0.4, -0.2) is 24.2 Å². The zero-order valence-electron chi connectivity index (χ0n) is 11.7. The number of hydrogen-bond acceptors (Lipinski definition) is 6. The van der Waals surface area contributed by atoms with Crippen LogP contribution >= 0.6 is 11.3 Å². The summed E-state index contributed by atoms with van der Waals surface area (Å²) in [4.78, 5) is 9.88. The van der Waals surface area contributed by atoms with Gasteiger partial charge < -0.3 is 15.2 Å². The van der Waals surface area contributed by atoms with E-state index in [1.807, 2.05) is 0 Å². The number of hydrogen-bond donors (Lipinski definition) is 1. The average molecular weight is 293 g/mol. The van der Waals surface area contributed by atoms with E-state index in [9.17, 15) is 0 Å². The smallest absolute Gasteiger partial charge is 0.240 e. The molecule has 1 atom stereocenters. The molecule has 20 heavy (non-hydrogen) atoms. The van der Waals surface area contributed by atoms with E-state index in [4.69, 9.17) is 15.2 Å². The highest BCUT2D eigenvalue weighted by molar-refractivity contribution is 7.09. The van der Waals surface area contributed by atoms with Crippen molar-refractivity contribution in [3.8, 4) is 11.8 Å². The number of nitrogens with zero attached hydrogens (tertiary/aromatic N) is 2. The van der Waals surface area contributed by atoms with Gasteiger partial charge in [0.2, 0.25) is 11.8 Å². The van der Waals surface area contributed by atoms with E-state index in [1.54, 1.807) is 31.8 Å². The number of rotatable bonds is 7. The van der Waals surface area contributed by atoms with Crippen molar-refractivity contribution >= 4 is 11.3 Å². The summed E-state index contributed by atoms with van der Waals surface area (Å²) in [6, 6.07) is 4.03. The summed E-state index contributed by atoms with van der Waals surface area (Å²) in [7, 11) is 3.11. The lowest BCUT2D eigenvalue weighted by Crippen LogP contribution is -2.14. The molecule has 2 N–H and O–H groups in total. The average Bonchev–Trinajstić information content (AvgIpc) is 2.99. The normalized spacial score (nSPS) is 12.2. The Morgan fingerprint density at radius 3 is 2.85 bits per heavy atom. The van der Waals surface area contributed by atoms with Crippen molar-refractivity contribution in [1.82, 2.24) is 9.97 Å². The fourth-order valence-corrected chi connectivity index (χ4v) is 2.71. The van der Waals surface area contributed by atoms with Gasteiger partial charge in [0.05, 0.1) is 26.5 Å². The minimum absolute atomic E-state index is 0.177. The van der Waals surface area contributed by atoms with E-state index in [-0.39, 0.29) is 6.04 Å². The molecular formula is C14H19N3O2S. The number of aromatic nitrogens is 2. The molecule has 2 aromatic rings. The first-order chi connectivity index (χ1) is 9.74. The van der Waals surface area contributed by atoms with E-state index >= 15 is 0 Å². The molecule has 0 saturated carbocycles. The summed E-state index contributed by atoms with van der Waals surface area (Å²) in [5.74, 6) is 0.865. The first kappa shape index (κ1) is 14.7. The lowest BCUT2D eigenvalue weighted by atomic mass is 10.1. The number of aryl methyl sites for hydroxylation is 1. The molecule has 6 heteroatoms. The minimum Gasteiger partial charge on any atom is -0.480 e. The predicted molar refractivity (Wildman–Crippen MR) is 79.3 cm³/mol. The number of nitrogens with two attached hydrogens (primary N) is 1. The molecule has 0 aliphatic rings.